The first-order valence-electron chi connectivity index (χ1n) is 8.85. The van der Waals surface area contributed by atoms with Gasteiger partial charge in [-0.05, 0) is 53.9 Å². The number of anilines is 1. The zero-order chi connectivity index (χ0) is 19.7. The molecule has 0 saturated heterocycles. The number of aromatic nitrogens is 3. The fraction of sp³-hybridized carbons (Fsp3) is 0.136. The van der Waals surface area contributed by atoms with Gasteiger partial charge < -0.3 is 10.1 Å². The lowest BCUT2D eigenvalue weighted by atomic mass is 10.0. The molecular formula is C22H19FN4O. The molecule has 0 spiro atoms. The molecule has 0 unspecified atom stereocenters. The van der Waals surface area contributed by atoms with E-state index in [0.717, 1.165) is 22.1 Å². The van der Waals surface area contributed by atoms with Gasteiger partial charge in [0.25, 0.3) is 0 Å². The van der Waals surface area contributed by atoms with Crippen LogP contribution in [0.15, 0.2) is 54.9 Å². The largest absolute Gasteiger partial charge is 0.494 e. The van der Waals surface area contributed by atoms with Gasteiger partial charge in [-0.25, -0.2) is 14.4 Å². The standard InChI is InChI=1S/C22H19FN4O/c1-13-6-7-14(10-18(13)23)16-9-17-20(19(11-16)28-3)26-21(27-22(17)24-2)15-5-4-8-25-12-15/h4-12H,1-3H3,(H,24,26,27). The smallest absolute Gasteiger partial charge is 0.163 e. The molecule has 0 fully saturated rings. The van der Waals surface area contributed by atoms with Gasteiger partial charge in [-0.15, -0.1) is 0 Å². The van der Waals surface area contributed by atoms with E-state index in [1.807, 2.05) is 30.3 Å². The summed E-state index contributed by atoms with van der Waals surface area (Å²) >= 11 is 0. The van der Waals surface area contributed by atoms with Crippen LogP contribution in [0.3, 0.4) is 0 Å². The normalized spacial score (nSPS) is 10.9. The molecule has 4 rings (SSSR count). The van der Waals surface area contributed by atoms with Gasteiger partial charge in [0, 0.05) is 30.4 Å². The molecule has 28 heavy (non-hydrogen) atoms. The Kier molecular flexibility index (Phi) is 4.61. The number of benzene rings is 2. The summed E-state index contributed by atoms with van der Waals surface area (Å²) < 4.78 is 19.7. The predicted molar refractivity (Wildman–Crippen MR) is 109 cm³/mol. The number of hydrogen-bond donors (Lipinski definition) is 1. The second kappa shape index (κ2) is 7.23. The Morgan fingerprint density at radius 1 is 1.00 bits per heavy atom. The molecule has 0 bridgehead atoms. The summed E-state index contributed by atoms with van der Waals surface area (Å²) in [7, 11) is 3.40. The van der Waals surface area contributed by atoms with E-state index < -0.39 is 0 Å². The summed E-state index contributed by atoms with van der Waals surface area (Å²) in [5.74, 6) is 1.57. The van der Waals surface area contributed by atoms with Gasteiger partial charge in [-0.3, -0.25) is 4.98 Å². The maximum Gasteiger partial charge on any atom is 0.163 e. The number of fused-ring (bicyclic) bond motifs is 1. The number of halogens is 1. The van der Waals surface area contributed by atoms with E-state index in [9.17, 15) is 4.39 Å². The Hall–Kier alpha value is -3.54. The highest BCUT2D eigenvalue weighted by molar-refractivity contribution is 5.97. The lowest BCUT2D eigenvalue weighted by Gasteiger charge is -2.13. The molecule has 140 valence electrons. The Morgan fingerprint density at radius 3 is 2.54 bits per heavy atom. The van der Waals surface area contributed by atoms with Gasteiger partial charge in [0.2, 0.25) is 0 Å². The van der Waals surface area contributed by atoms with Crippen LogP contribution in [0, 0.1) is 12.7 Å². The van der Waals surface area contributed by atoms with Crippen LogP contribution >= 0.6 is 0 Å². The Balaban J connectivity index is 1.96. The van der Waals surface area contributed by atoms with Crippen LogP contribution in [0.25, 0.3) is 33.4 Å². The van der Waals surface area contributed by atoms with E-state index >= 15 is 0 Å². The molecule has 0 aliphatic carbocycles. The van der Waals surface area contributed by atoms with Crippen molar-refractivity contribution in [3.05, 3.63) is 66.2 Å². The molecule has 6 heteroatoms. The second-order valence-corrected chi connectivity index (χ2v) is 6.43. The van der Waals surface area contributed by atoms with Crippen molar-refractivity contribution in [3.63, 3.8) is 0 Å². The highest BCUT2D eigenvalue weighted by Crippen LogP contribution is 2.36. The van der Waals surface area contributed by atoms with Gasteiger partial charge >= 0.3 is 0 Å². The molecule has 0 saturated carbocycles. The topological polar surface area (TPSA) is 59.9 Å². The quantitative estimate of drug-likeness (QED) is 0.553. The fourth-order valence-corrected chi connectivity index (χ4v) is 3.11. The zero-order valence-electron chi connectivity index (χ0n) is 15.8. The summed E-state index contributed by atoms with van der Waals surface area (Å²) in [5.41, 5.74) is 3.70. The number of rotatable bonds is 4. The summed E-state index contributed by atoms with van der Waals surface area (Å²) in [6.45, 7) is 1.74. The molecule has 0 radical (unpaired) electrons. The average Bonchev–Trinajstić information content (AvgIpc) is 2.74. The highest BCUT2D eigenvalue weighted by atomic mass is 19.1. The van der Waals surface area contributed by atoms with Gasteiger partial charge in [-0.1, -0.05) is 12.1 Å². The van der Waals surface area contributed by atoms with Crippen LogP contribution < -0.4 is 10.1 Å². The average molecular weight is 374 g/mol. The summed E-state index contributed by atoms with van der Waals surface area (Å²) in [5, 5.41) is 3.93. The van der Waals surface area contributed by atoms with E-state index in [4.69, 9.17) is 9.72 Å². The fourth-order valence-electron chi connectivity index (χ4n) is 3.11. The summed E-state index contributed by atoms with van der Waals surface area (Å²) in [6.07, 6.45) is 3.42. The molecular weight excluding hydrogens is 355 g/mol. The molecule has 4 aromatic rings. The van der Waals surface area contributed by atoms with E-state index in [-0.39, 0.29) is 5.82 Å². The third kappa shape index (κ3) is 3.13. The second-order valence-electron chi connectivity index (χ2n) is 6.43. The van der Waals surface area contributed by atoms with E-state index in [1.54, 1.807) is 39.5 Å². The van der Waals surface area contributed by atoms with Gasteiger partial charge in [0.15, 0.2) is 5.82 Å². The summed E-state index contributed by atoms with van der Waals surface area (Å²) in [4.78, 5) is 13.5. The molecule has 2 heterocycles. The minimum Gasteiger partial charge on any atom is -0.494 e. The van der Waals surface area contributed by atoms with Crippen LogP contribution in [-0.4, -0.2) is 29.1 Å². The molecule has 5 nitrogen and oxygen atoms in total. The Labute approximate surface area is 162 Å². The number of nitrogens with one attached hydrogen (secondary N) is 1. The number of methoxy groups -OCH3 is 1. The number of ether oxygens (including phenoxy) is 1. The van der Waals surface area contributed by atoms with Gasteiger partial charge in [0.1, 0.15) is 22.9 Å². The minimum atomic E-state index is -0.242. The van der Waals surface area contributed by atoms with E-state index in [1.165, 1.54) is 6.07 Å². The molecule has 0 aliphatic rings. The molecule has 0 aliphatic heterocycles. The molecule has 0 atom stereocenters. The zero-order valence-corrected chi connectivity index (χ0v) is 15.8. The summed E-state index contributed by atoms with van der Waals surface area (Å²) in [6, 6.07) is 12.7. The lowest BCUT2D eigenvalue weighted by molar-refractivity contribution is 0.419. The van der Waals surface area contributed by atoms with Crippen molar-refractivity contribution in [2.75, 3.05) is 19.5 Å². The van der Waals surface area contributed by atoms with Gasteiger partial charge in [-0.2, -0.15) is 0 Å². The van der Waals surface area contributed by atoms with Crippen molar-refractivity contribution >= 4 is 16.7 Å². The van der Waals surface area contributed by atoms with Crippen LogP contribution in [0.4, 0.5) is 10.2 Å². The Morgan fingerprint density at radius 2 is 1.86 bits per heavy atom. The monoisotopic (exact) mass is 374 g/mol. The molecule has 1 N–H and O–H groups in total. The molecule has 2 aromatic carbocycles. The first kappa shape index (κ1) is 17.9. The van der Waals surface area contributed by atoms with Crippen LogP contribution in [-0.2, 0) is 0 Å². The lowest BCUT2D eigenvalue weighted by Crippen LogP contribution is -2.01. The van der Waals surface area contributed by atoms with Crippen molar-refractivity contribution in [2.45, 2.75) is 6.92 Å². The van der Waals surface area contributed by atoms with Crippen molar-refractivity contribution < 1.29 is 9.13 Å². The maximum absolute atomic E-state index is 14.1. The molecule has 0 amide bonds. The highest BCUT2D eigenvalue weighted by Gasteiger charge is 2.15. The third-order valence-corrected chi connectivity index (χ3v) is 4.65. The van der Waals surface area contributed by atoms with Gasteiger partial charge in [0.05, 0.1) is 7.11 Å². The SMILES string of the molecule is CNc1nc(-c2cccnc2)nc2c(OC)cc(-c3ccc(C)c(F)c3)cc12. The van der Waals surface area contributed by atoms with E-state index in [0.29, 0.717) is 28.5 Å². The van der Waals surface area contributed by atoms with Crippen molar-refractivity contribution in [1.29, 1.82) is 0 Å². The first-order chi connectivity index (χ1) is 13.6. The van der Waals surface area contributed by atoms with Crippen molar-refractivity contribution in [3.8, 4) is 28.3 Å². The number of hydrogen-bond acceptors (Lipinski definition) is 5. The number of aryl methyl sites for hydroxylation is 1. The predicted octanol–water partition coefficient (Wildman–Crippen LogP) is 4.86. The van der Waals surface area contributed by atoms with Crippen LogP contribution in [0.1, 0.15) is 5.56 Å². The molecule has 2 aromatic heterocycles. The van der Waals surface area contributed by atoms with Crippen molar-refractivity contribution in [2.24, 2.45) is 0 Å². The number of pyridine rings is 1. The van der Waals surface area contributed by atoms with E-state index in [2.05, 4.69) is 15.3 Å². The minimum absolute atomic E-state index is 0.242. The number of nitrogens with zero attached hydrogens (tertiary/aromatic N) is 3. The first-order valence-corrected chi connectivity index (χ1v) is 8.85. The van der Waals surface area contributed by atoms with Crippen LogP contribution in [0.5, 0.6) is 5.75 Å². The van der Waals surface area contributed by atoms with Crippen LogP contribution in [0.2, 0.25) is 0 Å². The van der Waals surface area contributed by atoms with Crippen molar-refractivity contribution in [1.82, 2.24) is 15.0 Å². The third-order valence-electron chi connectivity index (χ3n) is 4.65. The maximum atomic E-state index is 14.1. The Bertz CT molecular complexity index is 1160.